The predicted molar refractivity (Wildman–Crippen MR) is 258 cm³/mol. The zero-order valence-electron chi connectivity index (χ0n) is 40.5. The molecule has 0 aromatic rings. The van der Waals surface area contributed by atoms with E-state index in [-0.39, 0.29) is 19.1 Å². The highest BCUT2D eigenvalue weighted by Crippen LogP contribution is 2.43. The monoisotopic (exact) mass is 870 g/mol. The minimum Gasteiger partial charge on any atom is -0.391 e. The Balaban J connectivity index is 4.27. The minimum absolute atomic E-state index is 0.0739. The van der Waals surface area contributed by atoms with E-state index in [4.69, 9.17) is 9.05 Å². The van der Waals surface area contributed by atoms with Gasteiger partial charge in [0.1, 0.15) is 13.2 Å². The Kier molecular flexibility index (Phi) is 42.5. The van der Waals surface area contributed by atoms with Crippen molar-refractivity contribution in [3.05, 3.63) is 24.3 Å². The highest BCUT2D eigenvalue weighted by molar-refractivity contribution is 7.47. The number of amides is 1. The number of nitrogens with zero attached hydrogens (tertiary/aromatic N) is 1. The maximum Gasteiger partial charge on any atom is 0.472 e. The van der Waals surface area contributed by atoms with Gasteiger partial charge >= 0.3 is 7.82 Å². The molecule has 0 radical (unpaired) electrons. The van der Waals surface area contributed by atoms with E-state index in [0.717, 1.165) is 51.4 Å². The molecular weight excluding hydrogens is 768 g/mol. The molecule has 0 bridgehead atoms. The second kappa shape index (κ2) is 43.2. The van der Waals surface area contributed by atoms with Gasteiger partial charge in [-0.1, -0.05) is 218 Å². The fraction of sp³-hybridized carbons (Fsp3) is 0.902. The molecule has 0 heterocycles. The number of aliphatic hydroxyl groups excluding tert-OH is 1. The second-order valence-electron chi connectivity index (χ2n) is 18.9. The predicted octanol–water partition coefficient (Wildman–Crippen LogP) is 14.9. The molecule has 60 heavy (non-hydrogen) atoms. The number of phosphoric acid groups is 1. The van der Waals surface area contributed by atoms with Crippen LogP contribution in [0, 0.1) is 0 Å². The zero-order chi connectivity index (χ0) is 44.3. The van der Waals surface area contributed by atoms with Crippen molar-refractivity contribution in [2.45, 2.75) is 257 Å². The summed E-state index contributed by atoms with van der Waals surface area (Å²) >= 11 is 0. The summed E-state index contributed by atoms with van der Waals surface area (Å²) in [6.45, 7) is 4.89. The molecule has 0 aromatic carbocycles. The summed E-state index contributed by atoms with van der Waals surface area (Å²) in [4.78, 5) is 23.2. The van der Waals surface area contributed by atoms with Gasteiger partial charge in [0, 0.05) is 6.42 Å². The first-order chi connectivity index (χ1) is 29.0. The molecule has 8 nitrogen and oxygen atoms in total. The second-order valence-corrected chi connectivity index (χ2v) is 20.4. The van der Waals surface area contributed by atoms with E-state index in [0.29, 0.717) is 23.9 Å². The van der Waals surface area contributed by atoms with Crippen LogP contribution in [0.3, 0.4) is 0 Å². The SMILES string of the molecule is CCCCCC/C=C\C/C=C\CCCCCCCCCC(=O)NC(COP(=O)(O)OCC[N+](C)(C)C)C(O)CCCCCCCCCCCCCCCCCCCCCC. The first-order valence-electron chi connectivity index (χ1n) is 25.7. The first-order valence-corrected chi connectivity index (χ1v) is 27.2. The third-order valence-electron chi connectivity index (χ3n) is 11.7. The summed E-state index contributed by atoms with van der Waals surface area (Å²) < 4.78 is 23.7. The van der Waals surface area contributed by atoms with Crippen LogP contribution in [0.2, 0.25) is 0 Å². The van der Waals surface area contributed by atoms with E-state index >= 15 is 0 Å². The largest absolute Gasteiger partial charge is 0.472 e. The van der Waals surface area contributed by atoms with Crippen molar-refractivity contribution in [3.63, 3.8) is 0 Å². The van der Waals surface area contributed by atoms with Crippen LogP contribution in [0.25, 0.3) is 0 Å². The van der Waals surface area contributed by atoms with Gasteiger partial charge in [-0.25, -0.2) is 4.57 Å². The number of rotatable bonds is 47. The molecule has 0 aliphatic heterocycles. The summed E-state index contributed by atoms with van der Waals surface area (Å²) in [5, 5.41) is 14.0. The molecule has 0 rings (SSSR count). The third kappa shape index (κ3) is 45.0. The number of hydrogen-bond donors (Lipinski definition) is 3. The Morgan fingerprint density at radius 3 is 1.38 bits per heavy atom. The number of unbranched alkanes of at least 4 members (excludes halogenated alkanes) is 30. The van der Waals surface area contributed by atoms with Gasteiger partial charge in [0.25, 0.3) is 0 Å². The maximum atomic E-state index is 12.9. The molecule has 356 valence electrons. The van der Waals surface area contributed by atoms with Gasteiger partial charge in [-0.2, -0.15) is 0 Å². The van der Waals surface area contributed by atoms with E-state index in [1.807, 2.05) is 21.1 Å². The van der Waals surface area contributed by atoms with Gasteiger partial charge in [0.05, 0.1) is 39.9 Å². The lowest BCUT2D eigenvalue weighted by atomic mass is 10.0. The van der Waals surface area contributed by atoms with Gasteiger partial charge in [-0.05, 0) is 44.9 Å². The van der Waals surface area contributed by atoms with E-state index in [2.05, 4.69) is 43.5 Å². The molecule has 1 amide bonds. The average molecular weight is 870 g/mol. The Morgan fingerprint density at radius 1 is 0.567 bits per heavy atom. The molecule has 0 fully saturated rings. The number of aliphatic hydroxyl groups is 1. The molecule has 3 unspecified atom stereocenters. The van der Waals surface area contributed by atoms with Gasteiger partial charge in [-0.3, -0.25) is 13.8 Å². The molecule has 9 heteroatoms. The van der Waals surface area contributed by atoms with Crippen molar-refractivity contribution < 1.29 is 32.9 Å². The quantitative estimate of drug-likeness (QED) is 0.0243. The fourth-order valence-electron chi connectivity index (χ4n) is 7.61. The lowest BCUT2D eigenvalue weighted by Crippen LogP contribution is -2.46. The lowest BCUT2D eigenvalue weighted by molar-refractivity contribution is -0.870. The minimum atomic E-state index is -4.32. The zero-order valence-corrected chi connectivity index (χ0v) is 41.4. The number of phosphoric ester groups is 1. The third-order valence-corrected chi connectivity index (χ3v) is 12.7. The van der Waals surface area contributed by atoms with E-state index in [1.165, 1.54) is 167 Å². The number of likely N-dealkylation sites (N-methyl/N-ethyl adjacent to an activating group) is 1. The molecule has 0 spiro atoms. The van der Waals surface area contributed by atoms with Crippen molar-refractivity contribution in [3.8, 4) is 0 Å². The molecule has 0 saturated carbocycles. The molecular formula is C51H102N2O6P+. The number of allylic oxidation sites excluding steroid dienone is 4. The first kappa shape index (κ1) is 59.0. The average Bonchev–Trinajstić information content (AvgIpc) is 3.20. The van der Waals surface area contributed by atoms with Crippen LogP contribution in [0.1, 0.15) is 245 Å². The molecule has 0 aliphatic carbocycles. The number of carbonyl (C=O) groups excluding carboxylic acids is 1. The van der Waals surface area contributed by atoms with Gasteiger partial charge in [0.15, 0.2) is 0 Å². The fourth-order valence-corrected chi connectivity index (χ4v) is 8.34. The Bertz CT molecular complexity index is 1030. The van der Waals surface area contributed by atoms with E-state index in [1.54, 1.807) is 0 Å². The summed E-state index contributed by atoms with van der Waals surface area (Å²) in [6.07, 6.45) is 52.1. The smallest absolute Gasteiger partial charge is 0.391 e. The number of nitrogens with one attached hydrogen (secondary N) is 1. The van der Waals surface area contributed by atoms with Gasteiger partial charge in [-0.15, -0.1) is 0 Å². The maximum absolute atomic E-state index is 12.9. The van der Waals surface area contributed by atoms with E-state index < -0.39 is 20.0 Å². The highest BCUT2D eigenvalue weighted by atomic mass is 31.2. The molecule has 3 atom stereocenters. The number of quaternary nitrogens is 1. The Labute approximate surface area is 373 Å². The molecule has 3 N–H and O–H groups in total. The standard InChI is InChI=1S/C51H101N2O6P/c1-6-8-10-12-14-16-18-20-22-24-26-27-28-30-32-34-36-38-40-42-44-50(54)49(48-59-60(56,57)58-47-46-53(3,4)5)52-51(55)45-43-41-39-37-35-33-31-29-25-23-21-19-17-15-13-11-9-7-2/h17,19,23,25,49-50,54H,6-16,18,20-22,24,26-48H2,1-5H3,(H-,52,55,56,57)/p+1/b19-17-,25-23-. The van der Waals surface area contributed by atoms with Crippen molar-refractivity contribution in [2.24, 2.45) is 0 Å². The van der Waals surface area contributed by atoms with Gasteiger partial charge in [0.2, 0.25) is 5.91 Å². The number of hydrogen-bond acceptors (Lipinski definition) is 5. The van der Waals surface area contributed by atoms with Crippen LogP contribution in [-0.2, 0) is 18.4 Å². The number of carbonyl (C=O) groups is 1. The normalized spacial score (nSPS) is 14.3. The highest BCUT2D eigenvalue weighted by Gasteiger charge is 2.28. The van der Waals surface area contributed by atoms with Crippen LogP contribution >= 0.6 is 7.82 Å². The summed E-state index contributed by atoms with van der Waals surface area (Å²) in [7, 11) is 1.62. The molecule has 0 aliphatic rings. The van der Waals surface area contributed by atoms with Crippen LogP contribution in [0.5, 0.6) is 0 Å². The Hall–Kier alpha value is -1.02. The van der Waals surface area contributed by atoms with Crippen molar-refractivity contribution in [1.82, 2.24) is 5.32 Å². The van der Waals surface area contributed by atoms with Crippen LogP contribution in [0.15, 0.2) is 24.3 Å². The van der Waals surface area contributed by atoms with Crippen LogP contribution in [0.4, 0.5) is 0 Å². The van der Waals surface area contributed by atoms with Crippen molar-refractivity contribution in [1.29, 1.82) is 0 Å². The van der Waals surface area contributed by atoms with E-state index in [9.17, 15) is 19.4 Å². The van der Waals surface area contributed by atoms with Gasteiger partial charge < -0.3 is 19.8 Å². The lowest BCUT2D eigenvalue weighted by Gasteiger charge is -2.26. The Morgan fingerprint density at radius 2 is 0.950 bits per heavy atom. The molecule has 0 saturated heterocycles. The summed E-state index contributed by atoms with van der Waals surface area (Å²) in [5.74, 6) is -0.150. The van der Waals surface area contributed by atoms with Crippen molar-refractivity contribution in [2.75, 3.05) is 40.9 Å². The van der Waals surface area contributed by atoms with Crippen LogP contribution in [-0.4, -0.2) is 73.4 Å². The van der Waals surface area contributed by atoms with Crippen LogP contribution < -0.4 is 5.32 Å². The summed E-state index contributed by atoms with van der Waals surface area (Å²) in [6, 6.07) is -0.763. The molecule has 0 aromatic heterocycles. The van der Waals surface area contributed by atoms with Crippen molar-refractivity contribution >= 4 is 13.7 Å². The topological polar surface area (TPSA) is 105 Å². The summed E-state index contributed by atoms with van der Waals surface area (Å²) in [5.41, 5.74) is 0.